The van der Waals surface area contributed by atoms with Gasteiger partial charge in [-0.25, -0.2) is 4.98 Å². The number of thiophene rings is 1. The van der Waals surface area contributed by atoms with Crippen LogP contribution in [-0.4, -0.2) is 47.9 Å². The van der Waals surface area contributed by atoms with Crippen molar-refractivity contribution < 1.29 is 9.59 Å². The minimum Gasteiger partial charge on any atom is -0.353 e. The average molecular weight is 344 g/mol. The predicted octanol–water partition coefficient (Wildman–Crippen LogP) is 2.45. The minimum atomic E-state index is -0.119. The van der Waals surface area contributed by atoms with Crippen LogP contribution in [0.1, 0.15) is 23.0 Å². The summed E-state index contributed by atoms with van der Waals surface area (Å²) in [6, 6.07) is 7.40. The van der Waals surface area contributed by atoms with E-state index in [-0.39, 0.29) is 11.8 Å². The number of pyridine rings is 1. The van der Waals surface area contributed by atoms with Gasteiger partial charge in [0.1, 0.15) is 5.82 Å². The molecule has 126 valence electrons. The smallest absolute Gasteiger partial charge is 0.265 e. The van der Waals surface area contributed by atoms with Gasteiger partial charge in [-0.1, -0.05) is 13.0 Å². The molecule has 2 aromatic rings. The van der Waals surface area contributed by atoms with Gasteiger partial charge in [0.05, 0.1) is 16.8 Å². The van der Waals surface area contributed by atoms with Gasteiger partial charge < -0.3 is 15.1 Å². The fraction of sp³-hybridized carbons (Fsp3) is 0.353. The van der Waals surface area contributed by atoms with Crippen LogP contribution in [0.15, 0.2) is 35.8 Å². The third-order valence-corrected chi connectivity index (χ3v) is 4.88. The number of nitrogens with zero attached hydrogens (tertiary/aromatic N) is 3. The number of piperazine rings is 1. The molecule has 3 heterocycles. The van der Waals surface area contributed by atoms with Crippen LogP contribution in [0.25, 0.3) is 0 Å². The Labute approximate surface area is 145 Å². The summed E-state index contributed by atoms with van der Waals surface area (Å²) in [6.45, 7) is 4.90. The summed E-state index contributed by atoms with van der Waals surface area (Å²) >= 11 is 1.41. The Kier molecular flexibility index (Phi) is 5.10. The Hall–Kier alpha value is -2.41. The highest BCUT2D eigenvalue weighted by molar-refractivity contribution is 7.12. The molecule has 24 heavy (non-hydrogen) atoms. The molecule has 6 nitrogen and oxygen atoms in total. The van der Waals surface area contributed by atoms with E-state index in [1.54, 1.807) is 12.3 Å². The Bertz CT molecular complexity index is 692. The lowest BCUT2D eigenvalue weighted by atomic mass is 10.2. The number of carbonyl (C=O) groups excluding carboxylic acids is 2. The highest BCUT2D eigenvalue weighted by atomic mass is 32.1. The molecule has 2 aromatic heterocycles. The fourth-order valence-electron chi connectivity index (χ4n) is 2.66. The molecule has 2 amide bonds. The first-order chi connectivity index (χ1) is 11.7. The van der Waals surface area contributed by atoms with Gasteiger partial charge >= 0.3 is 0 Å². The highest BCUT2D eigenvalue weighted by Gasteiger charge is 2.20. The number of hydrogen-bond donors (Lipinski definition) is 1. The zero-order valence-corrected chi connectivity index (χ0v) is 14.4. The number of carbonyl (C=O) groups is 2. The average Bonchev–Trinajstić information content (AvgIpc) is 3.17. The number of aromatic nitrogens is 1. The predicted molar refractivity (Wildman–Crippen MR) is 95.6 cm³/mol. The third kappa shape index (κ3) is 3.73. The molecule has 7 heteroatoms. The largest absolute Gasteiger partial charge is 0.353 e. The maximum absolute atomic E-state index is 12.0. The van der Waals surface area contributed by atoms with Crippen molar-refractivity contribution in [1.29, 1.82) is 0 Å². The summed E-state index contributed by atoms with van der Waals surface area (Å²) in [5.41, 5.74) is 0.678. The van der Waals surface area contributed by atoms with E-state index in [4.69, 9.17) is 0 Å². The van der Waals surface area contributed by atoms with Crippen LogP contribution in [-0.2, 0) is 4.79 Å². The molecule has 1 fully saturated rings. The van der Waals surface area contributed by atoms with Crippen molar-refractivity contribution >= 4 is 34.7 Å². The second-order valence-corrected chi connectivity index (χ2v) is 6.51. The Morgan fingerprint density at radius 3 is 2.58 bits per heavy atom. The molecule has 0 spiro atoms. The highest BCUT2D eigenvalue weighted by Crippen LogP contribution is 2.18. The Balaban J connectivity index is 1.57. The Morgan fingerprint density at radius 1 is 1.21 bits per heavy atom. The van der Waals surface area contributed by atoms with Gasteiger partial charge in [-0.3, -0.25) is 9.59 Å². The minimum absolute atomic E-state index is 0.119. The van der Waals surface area contributed by atoms with Crippen molar-refractivity contribution in [3.8, 4) is 0 Å². The molecule has 3 rings (SSSR count). The molecular weight excluding hydrogens is 324 g/mol. The van der Waals surface area contributed by atoms with Crippen molar-refractivity contribution in [1.82, 2.24) is 9.88 Å². The van der Waals surface area contributed by atoms with Crippen LogP contribution in [0.4, 0.5) is 11.5 Å². The number of hydrogen-bond acceptors (Lipinski definition) is 5. The van der Waals surface area contributed by atoms with Crippen LogP contribution < -0.4 is 10.2 Å². The van der Waals surface area contributed by atoms with Gasteiger partial charge in [0, 0.05) is 32.6 Å². The van der Waals surface area contributed by atoms with E-state index < -0.39 is 0 Å². The lowest BCUT2D eigenvalue weighted by Gasteiger charge is -2.35. The van der Waals surface area contributed by atoms with Crippen LogP contribution in [0, 0.1) is 0 Å². The van der Waals surface area contributed by atoms with Gasteiger partial charge in [0.2, 0.25) is 5.91 Å². The van der Waals surface area contributed by atoms with E-state index in [0.29, 0.717) is 17.0 Å². The lowest BCUT2D eigenvalue weighted by molar-refractivity contribution is -0.131. The monoisotopic (exact) mass is 344 g/mol. The second kappa shape index (κ2) is 7.44. The molecular formula is C17H20N4O2S. The van der Waals surface area contributed by atoms with Crippen molar-refractivity contribution in [2.75, 3.05) is 36.4 Å². The SMILES string of the molecule is CCC(=O)N1CCN(c2ccc(NC(=O)c3cccs3)cn2)CC1. The summed E-state index contributed by atoms with van der Waals surface area (Å²) in [5, 5.41) is 4.72. The van der Waals surface area contributed by atoms with Gasteiger partial charge in [0.15, 0.2) is 0 Å². The van der Waals surface area contributed by atoms with E-state index in [9.17, 15) is 9.59 Å². The normalized spacial score (nSPS) is 14.5. The van der Waals surface area contributed by atoms with Crippen molar-refractivity contribution in [2.24, 2.45) is 0 Å². The molecule has 0 aliphatic carbocycles. The summed E-state index contributed by atoms with van der Waals surface area (Å²) in [4.78, 5) is 32.9. The van der Waals surface area contributed by atoms with E-state index in [1.165, 1.54) is 11.3 Å². The van der Waals surface area contributed by atoms with Gasteiger partial charge in [-0.15, -0.1) is 11.3 Å². The van der Waals surface area contributed by atoms with Crippen LogP contribution in [0.2, 0.25) is 0 Å². The maximum atomic E-state index is 12.0. The van der Waals surface area contributed by atoms with Crippen LogP contribution in [0.3, 0.4) is 0 Å². The van der Waals surface area contributed by atoms with Gasteiger partial charge in [-0.05, 0) is 23.6 Å². The lowest BCUT2D eigenvalue weighted by Crippen LogP contribution is -2.48. The van der Waals surface area contributed by atoms with E-state index in [1.807, 2.05) is 35.4 Å². The second-order valence-electron chi connectivity index (χ2n) is 5.56. The number of rotatable bonds is 4. The molecule has 0 aromatic carbocycles. The maximum Gasteiger partial charge on any atom is 0.265 e. The molecule has 0 saturated carbocycles. The molecule has 1 aliphatic heterocycles. The van der Waals surface area contributed by atoms with Gasteiger partial charge in [-0.2, -0.15) is 0 Å². The first-order valence-electron chi connectivity index (χ1n) is 8.01. The fourth-order valence-corrected chi connectivity index (χ4v) is 3.28. The molecule has 0 unspecified atom stereocenters. The van der Waals surface area contributed by atoms with E-state index >= 15 is 0 Å². The number of anilines is 2. The van der Waals surface area contributed by atoms with Crippen molar-refractivity contribution in [3.05, 3.63) is 40.7 Å². The molecule has 1 N–H and O–H groups in total. The molecule has 0 bridgehead atoms. The molecule has 0 atom stereocenters. The van der Waals surface area contributed by atoms with Crippen LogP contribution >= 0.6 is 11.3 Å². The summed E-state index contributed by atoms with van der Waals surface area (Å²) in [6.07, 6.45) is 2.22. The molecule has 1 saturated heterocycles. The zero-order chi connectivity index (χ0) is 16.9. The standard InChI is InChI=1S/C17H20N4O2S/c1-2-16(22)21-9-7-20(8-10-21)15-6-5-13(12-18-15)19-17(23)14-4-3-11-24-14/h3-6,11-12H,2,7-10H2,1H3,(H,19,23). The van der Waals surface area contributed by atoms with E-state index in [0.717, 1.165) is 32.0 Å². The number of amides is 2. The first kappa shape index (κ1) is 16.4. The topological polar surface area (TPSA) is 65.5 Å². The quantitative estimate of drug-likeness (QED) is 0.925. The Morgan fingerprint density at radius 2 is 2.00 bits per heavy atom. The van der Waals surface area contributed by atoms with Crippen molar-refractivity contribution in [3.63, 3.8) is 0 Å². The van der Waals surface area contributed by atoms with Crippen molar-refractivity contribution in [2.45, 2.75) is 13.3 Å². The third-order valence-electron chi connectivity index (χ3n) is 4.01. The van der Waals surface area contributed by atoms with E-state index in [2.05, 4.69) is 15.2 Å². The van der Waals surface area contributed by atoms with Crippen LogP contribution in [0.5, 0.6) is 0 Å². The van der Waals surface area contributed by atoms with Gasteiger partial charge in [0.25, 0.3) is 5.91 Å². The molecule has 1 aliphatic rings. The summed E-state index contributed by atoms with van der Waals surface area (Å²) < 4.78 is 0. The summed E-state index contributed by atoms with van der Waals surface area (Å²) in [5.74, 6) is 0.952. The first-order valence-corrected chi connectivity index (χ1v) is 8.89. The molecule has 0 radical (unpaired) electrons. The zero-order valence-electron chi connectivity index (χ0n) is 13.6. The summed E-state index contributed by atoms with van der Waals surface area (Å²) in [7, 11) is 0. The number of nitrogens with one attached hydrogen (secondary N) is 1.